The maximum absolute atomic E-state index is 11.4. The minimum Gasteiger partial charge on any atom is -0.447 e. The normalized spacial score (nSPS) is 16.0. The number of hydrogen-bond donors (Lipinski definition) is 0. The van der Waals surface area contributed by atoms with E-state index >= 15 is 0 Å². The van der Waals surface area contributed by atoms with E-state index in [4.69, 9.17) is 0 Å². The second kappa shape index (κ2) is 2.89. The molecular formula is C7H6N2O4. The van der Waals surface area contributed by atoms with E-state index in [0.29, 0.717) is 0 Å². The predicted molar refractivity (Wildman–Crippen MR) is 38.9 cm³/mol. The van der Waals surface area contributed by atoms with Crippen molar-refractivity contribution in [3.05, 3.63) is 18.0 Å². The molecule has 1 aliphatic heterocycles. The third-order valence-corrected chi connectivity index (χ3v) is 1.66. The third-order valence-electron chi connectivity index (χ3n) is 1.66. The van der Waals surface area contributed by atoms with E-state index in [9.17, 15) is 9.59 Å². The van der Waals surface area contributed by atoms with Crippen molar-refractivity contribution in [1.29, 1.82) is 0 Å². The van der Waals surface area contributed by atoms with Crippen LogP contribution in [-0.2, 0) is 4.74 Å². The summed E-state index contributed by atoms with van der Waals surface area (Å²) in [7, 11) is 0. The van der Waals surface area contributed by atoms with Crippen molar-refractivity contribution in [3.63, 3.8) is 0 Å². The average Bonchev–Trinajstić information content (AvgIpc) is 2.72. The minimum absolute atomic E-state index is 0.110. The summed E-state index contributed by atoms with van der Waals surface area (Å²) < 4.78 is 9.07. The number of carbonyl (C=O) groups is 2. The molecule has 0 aliphatic carbocycles. The maximum Gasteiger partial charge on any atom is 0.417 e. The Balaban J connectivity index is 2.18. The summed E-state index contributed by atoms with van der Waals surface area (Å²) >= 11 is 0. The van der Waals surface area contributed by atoms with Crippen LogP contribution in [0.4, 0.5) is 4.79 Å². The van der Waals surface area contributed by atoms with Gasteiger partial charge in [0.15, 0.2) is 5.69 Å². The van der Waals surface area contributed by atoms with Crippen LogP contribution < -0.4 is 0 Å². The van der Waals surface area contributed by atoms with Gasteiger partial charge in [-0.25, -0.2) is 9.69 Å². The van der Waals surface area contributed by atoms with E-state index < -0.39 is 12.0 Å². The molecule has 2 rings (SSSR count). The highest BCUT2D eigenvalue weighted by Crippen LogP contribution is 2.08. The molecule has 0 bridgehead atoms. The highest BCUT2D eigenvalue weighted by molar-refractivity contribution is 6.02. The minimum atomic E-state index is -0.631. The number of cyclic esters (lactones) is 1. The monoisotopic (exact) mass is 182 g/mol. The smallest absolute Gasteiger partial charge is 0.417 e. The first-order chi connectivity index (χ1) is 6.29. The average molecular weight is 182 g/mol. The molecule has 0 spiro atoms. The lowest BCUT2D eigenvalue weighted by atomic mass is 10.4. The van der Waals surface area contributed by atoms with E-state index in [1.807, 2.05) is 0 Å². The zero-order valence-electron chi connectivity index (χ0n) is 6.60. The summed E-state index contributed by atoms with van der Waals surface area (Å²) in [5, 5.41) is 3.42. The number of nitrogens with zero attached hydrogens (tertiary/aromatic N) is 2. The molecule has 1 aromatic rings. The van der Waals surface area contributed by atoms with E-state index in [-0.39, 0.29) is 18.8 Å². The Hall–Kier alpha value is -1.85. The van der Waals surface area contributed by atoms with Gasteiger partial charge in [-0.1, -0.05) is 5.16 Å². The Bertz CT molecular complexity index is 332. The first-order valence-corrected chi connectivity index (χ1v) is 3.68. The molecule has 6 heteroatoms. The largest absolute Gasteiger partial charge is 0.447 e. The lowest BCUT2D eigenvalue weighted by Crippen LogP contribution is -2.31. The molecule has 0 radical (unpaired) electrons. The first kappa shape index (κ1) is 7.78. The quantitative estimate of drug-likeness (QED) is 0.623. The molecule has 0 aromatic carbocycles. The Morgan fingerprint density at radius 3 is 3.00 bits per heavy atom. The summed E-state index contributed by atoms with van der Waals surface area (Å²) in [5.74, 6) is -0.490. The van der Waals surface area contributed by atoms with Gasteiger partial charge in [-0.15, -0.1) is 0 Å². The van der Waals surface area contributed by atoms with Crippen molar-refractivity contribution in [2.75, 3.05) is 13.2 Å². The van der Waals surface area contributed by atoms with Crippen molar-refractivity contribution in [3.8, 4) is 0 Å². The molecule has 1 aliphatic rings. The SMILES string of the molecule is O=C1OCCN1C(=O)c1ccon1. The molecule has 0 saturated carbocycles. The van der Waals surface area contributed by atoms with Gasteiger partial charge in [0, 0.05) is 6.07 Å². The molecule has 68 valence electrons. The molecular weight excluding hydrogens is 176 g/mol. The summed E-state index contributed by atoms with van der Waals surface area (Å²) in [6.07, 6.45) is 0.641. The lowest BCUT2D eigenvalue weighted by Gasteiger charge is -2.06. The topological polar surface area (TPSA) is 72.6 Å². The van der Waals surface area contributed by atoms with Crippen LogP contribution in [0.5, 0.6) is 0 Å². The number of imide groups is 1. The summed E-state index contributed by atoms with van der Waals surface area (Å²) in [5.41, 5.74) is 0.110. The number of amides is 2. The Kier molecular flexibility index (Phi) is 1.73. The summed E-state index contributed by atoms with van der Waals surface area (Å²) in [6.45, 7) is 0.507. The zero-order valence-corrected chi connectivity index (χ0v) is 6.60. The molecule has 0 unspecified atom stereocenters. The standard InChI is InChI=1S/C7H6N2O4/c10-6(5-1-3-13-8-5)9-2-4-12-7(9)11/h1,3H,2,4H2. The van der Waals surface area contributed by atoms with Crippen molar-refractivity contribution < 1.29 is 18.8 Å². The van der Waals surface area contributed by atoms with Crippen molar-refractivity contribution in [2.24, 2.45) is 0 Å². The van der Waals surface area contributed by atoms with Crippen LogP contribution in [0.3, 0.4) is 0 Å². The van der Waals surface area contributed by atoms with Crippen molar-refractivity contribution in [1.82, 2.24) is 10.1 Å². The Labute approximate surface area is 73.0 Å². The molecule has 1 fully saturated rings. The van der Waals surface area contributed by atoms with Gasteiger partial charge < -0.3 is 9.26 Å². The van der Waals surface area contributed by atoms with Crippen LogP contribution in [0.2, 0.25) is 0 Å². The lowest BCUT2D eigenvalue weighted by molar-refractivity contribution is 0.0800. The van der Waals surface area contributed by atoms with E-state index in [2.05, 4.69) is 14.4 Å². The van der Waals surface area contributed by atoms with Crippen LogP contribution in [-0.4, -0.2) is 35.2 Å². The summed E-state index contributed by atoms with van der Waals surface area (Å²) in [6, 6.07) is 1.40. The van der Waals surface area contributed by atoms with Crippen LogP contribution >= 0.6 is 0 Å². The molecule has 1 aromatic heterocycles. The Morgan fingerprint density at radius 2 is 2.46 bits per heavy atom. The molecule has 0 atom stereocenters. The third kappa shape index (κ3) is 1.26. The van der Waals surface area contributed by atoms with E-state index in [1.54, 1.807) is 0 Å². The first-order valence-electron chi connectivity index (χ1n) is 3.68. The number of aromatic nitrogens is 1. The van der Waals surface area contributed by atoms with Crippen LogP contribution in [0, 0.1) is 0 Å². The van der Waals surface area contributed by atoms with E-state index in [0.717, 1.165) is 4.90 Å². The molecule has 2 heterocycles. The van der Waals surface area contributed by atoms with E-state index in [1.165, 1.54) is 12.3 Å². The fourth-order valence-electron chi connectivity index (χ4n) is 1.04. The highest BCUT2D eigenvalue weighted by Gasteiger charge is 2.30. The van der Waals surface area contributed by atoms with Gasteiger partial charge in [0.1, 0.15) is 12.9 Å². The van der Waals surface area contributed by atoms with Crippen LogP contribution in [0.1, 0.15) is 10.5 Å². The fourth-order valence-corrected chi connectivity index (χ4v) is 1.04. The fraction of sp³-hybridized carbons (Fsp3) is 0.286. The van der Waals surface area contributed by atoms with Crippen LogP contribution in [0.15, 0.2) is 16.9 Å². The molecule has 1 saturated heterocycles. The number of hydrogen-bond acceptors (Lipinski definition) is 5. The van der Waals surface area contributed by atoms with Crippen molar-refractivity contribution in [2.45, 2.75) is 0 Å². The number of rotatable bonds is 1. The highest BCUT2D eigenvalue weighted by atomic mass is 16.6. The van der Waals surface area contributed by atoms with Gasteiger partial charge >= 0.3 is 6.09 Å². The van der Waals surface area contributed by atoms with Gasteiger partial charge in [-0.05, 0) is 0 Å². The summed E-state index contributed by atoms with van der Waals surface area (Å²) in [4.78, 5) is 23.3. The van der Waals surface area contributed by atoms with Gasteiger partial charge in [0.2, 0.25) is 0 Å². The zero-order chi connectivity index (χ0) is 9.26. The predicted octanol–water partition coefficient (Wildman–Crippen LogP) is 0.267. The van der Waals surface area contributed by atoms with Crippen LogP contribution in [0.25, 0.3) is 0 Å². The van der Waals surface area contributed by atoms with Gasteiger partial charge in [-0.2, -0.15) is 0 Å². The second-order valence-corrected chi connectivity index (χ2v) is 2.46. The van der Waals surface area contributed by atoms with Gasteiger partial charge in [0.25, 0.3) is 5.91 Å². The molecule has 13 heavy (non-hydrogen) atoms. The molecule has 2 amide bonds. The second-order valence-electron chi connectivity index (χ2n) is 2.46. The Morgan fingerprint density at radius 1 is 1.62 bits per heavy atom. The maximum atomic E-state index is 11.4. The molecule has 6 nitrogen and oxygen atoms in total. The number of carbonyl (C=O) groups excluding carboxylic acids is 2. The van der Waals surface area contributed by atoms with Gasteiger partial charge in [-0.3, -0.25) is 4.79 Å². The molecule has 0 N–H and O–H groups in total. The van der Waals surface area contributed by atoms with Gasteiger partial charge in [0.05, 0.1) is 6.54 Å². The number of ether oxygens (including phenoxy) is 1. The van der Waals surface area contributed by atoms with Crippen molar-refractivity contribution >= 4 is 12.0 Å².